The molecule has 0 aliphatic carbocycles. The smallest absolute Gasteiger partial charge is 0.434 e. The highest BCUT2D eigenvalue weighted by Gasteiger charge is 2.40. The summed E-state index contributed by atoms with van der Waals surface area (Å²) in [5, 5.41) is 5.78. The van der Waals surface area contributed by atoms with Gasteiger partial charge in [-0.25, -0.2) is 18.3 Å². The van der Waals surface area contributed by atoms with E-state index in [1.54, 1.807) is 0 Å². The number of nitrogens with one attached hydrogen (secondary N) is 1. The van der Waals surface area contributed by atoms with Gasteiger partial charge < -0.3 is 10.1 Å². The molecule has 3 aromatic rings. The minimum absolute atomic E-state index is 0.0308. The van der Waals surface area contributed by atoms with Gasteiger partial charge in [0.2, 0.25) is 0 Å². The molecule has 162 valence electrons. The van der Waals surface area contributed by atoms with Crippen LogP contribution in [0.3, 0.4) is 0 Å². The van der Waals surface area contributed by atoms with E-state index < -0.39 is 52.2 Å². The van der Waals surface area contributed by atoms with Crippen LogP contribution >= 0.6 is 11.6 Å². The highest BCUT2D eigenvalue weighted by molar-refractivity contribution is 6.30. The summed E-state index contributed by atoms with van der Waals surface area (Å²) in [5.74, 6) is -5.13. The number of benzene rings is 2. The van der Waals surface area contributed by atoms with Crippen LogP contribution in [0.15, 0.2) is 42.6 Å². The third-order valence-corrected chi connectivity index (χ3v) is 4.32. The SMILES string of the molecule is COC(=O)c1cc(NC(=O)c2cnn(-c3ccc(Cl)cc3)c2C(F)(F)F)c(F)cc1F. The molecule has 2 aromatic carbocycles. The van der Waals surface area contributed by atoms with Crippen molar-refractivity contribution in [1.29, 1.82) is 0 Å². The number of carbonyl (C=O) groups excluding carboxylic acids is 2. The summed E-state index contributed by atoms with van der Waals surface area (Å²) in [6.45, 7) is 0. The maximum atomic E-state index is 14.1. The lowest BCUT2D eigenvalue weighted by atomic mass is 10.1. The third-order valence-electron chi connectivity index (χ3n) is 4.06. The van der Waals surface area contributed by atoms with E-state index >= 15 is 0 Å². The Labute approximate surface area is 176 Å². The van der Waals surface area contributed by atoms with Crippen molar-refractivity contribution in [1.82, 2.24) is 9.78 Å². The lowest BCUT2D eigenvalue weighted by Gasteiger charge is -2.13. The van der Waals surface area contributed by atoms with E-state index in [4.69, 9.17) is 11.6 Å². The molecule has 1 aromatic heterocycles. The fraction of sp³-hybridized carbons (Fsp3) is 0.105. The standard InChI is InChI=1S/C19H11ClF5N3O3/c1-31-18(30)11-6-15(14(22)7-13(11)21)27-17(29)12-8-26-28(16(12)19(23,24)25)10-4-2-9(20)3-5-10/h2-8H,1H3,(H,27,29). The molecule has 0 saturated heterocycles. The van der Waals surface area contributed by atoms with Crippen LogP contribution in [0.5, 0.6) is 0 Å². The molecule has 0 aliphatic heterocycles. The van der Waals surface area contributed by atoms with Gasteiger partial charge >= 0.3 is 12.1 Å². The van der Waals surface area contributed by atoms with Crippen molar-refractivity contribution in [3.8, 4) is 5.69 Å². The summed E-state index contributed by atoms with van der Waals surface area (Å²) in [4.78, 5) is 24.1. The zero-order valence-electron chi connectivity index (χ0n) is 15.4. The normalized spacial score (nSPS) is 11.3. The Morgan fingerprint density at radius 1 is 1.06 bits per heavy atom. The number of hydrogen-bond acceptors (Lipinski definition) is 4. The van der Waals surface area contributed by atoms with Crippen molar-refractivity contribution in [3.63, 3.8) is 0 Å². The van der Waals surface area contributed by atoms with Gasteiger partial charge in [0, 0.05) is 11.1 Å². The van der Waals surface area contributed by atoms with Crippen molar-refractivity contribution in [2.45, 2.75) is 6.18 Å². The second-order valence-corrected chi connectivity index (χ2v) is 6.49. The Balaban J connectivity index is 2.03. The van der Waals surface area contributed by atoms with E-state index in [2.05, 4.69) is 9.84 Å². The Bertz CT molecular complexity index is 1160. The summed E-state index contributed by atoms with van der Waals surface area (Å²) in [6.07, 6.45) is -4.36. The molecule has 31 heavy (non-hydrogen) atoms. The number of alkyl halides is 3. The van der Waals surface area contributed by atoms with E-state index in [1.165, 1.54) is 24.3 Å². The van der Waals surface area contributed by atoms with Crippen molar-refractivity contribution >= 4 is 29.2 Å². The van der Waals surface area contributed by atoms with Crippen LogP contribution in [0.1, 0.15) is 26.4 Å². The summed E-state index contributed by atoms with van der Waals surface area (Å²) in [7, 11) is 0.949. The molecule has 0 aliphatic rings. The minimum atomic E-state index is -5.01. The average Bonchev–Trinajstić information content (AvgIpc) is 3.16. The largest absolute Gasteiger partial charge is 0.465 e. The number of esters is 1. The highest BCUT2D eigenvalue weighted by atomic mass is 35.5. The van der Waals surface area contributed by atoms with E-state index in [9.17, 15) is 31.5 Å². The topological polar surface area (TPSA) is 73.2 Å². The number of halogens is 6. The van der Waals surface area contributed by atoms with Crippen LogP contribution in [-0.4, -0.2) is 28.8 Å². The van der Waals surface area contributed by atoms with Gasteiger partial charge in [0.25, 0.3) is 5.91 Å². The Kier molecular flexibility index (Phi) is 5.98. The van der Waals surface area contributed by atoms with Gasteiger partial charge in [0.05, 0.1) is 35.8 Å². The van der Waals surface area contributed by atoms with E-state index in [-0.39, 0.29) is 10.7 Å². The van der Waals surface area contributed by atoms with E-state index in [0.717, 1.165) is 7.11 Å². The van der Waals surface area contributed by atoms with Crippen molar-refractivity contribution in [2.75, 3.05) is 12.4 Å². The van der Waals surface area contributed by atoms with Crippen LogP contribution in [0.4, 0.5) is 27.6 Å². The number of aromatic nitrogens is 2. The van der Waals surface area contributed by atoms with Gasteiger partial charge in [-0.1, -0.05) is 11.6 Å². The number of ether oxygens (including phenoxy) is 1. The molecule has 1 heterocycles. The summed E-state index contributed by atoms with van der Waals surface area (Å²) >= 11 is 5.74. The number of amides is 1. The van der Waals surface area contributed by atoms with Gasteiger partial charge in [-0.3, -0.25) is 4.79 Å². The second-order valence-electron chi connectivity index (χ2n) is 6.05. The Morgan fingerprint density at radius 2 is 1.71 bits per heavy atom. The lowest BCUT2D eigenvalue weighted by Crippen LogP contribution is -2.21. The first-order valence-electron chi connectivity index (χ1n) is 8.32. The maximum absolute atomic E-state index is 14.1. The molecule has 0 unspecified atom stereocenters. The van der Waals surface area contributed by atoms with Crippen molar-refractivity contribution in [3.05, 3.63) is 76.1 Å². The zero-order chi connectivity index (χ0) is 22.9. The second kappa shape index (κ2) is 8.34. The number of hydrogen-bond donors (Lipinski definition) is 1. The number of carbonyl (C=O) groups is 2. The molecule has 3 rings (SSSR count). The Hall–Kier alpha value is -3.47. The molecule has 1 N–H and O–H groups in total. The van der Waals surface area contributed by atoms with Gasteiger partial charge in [0.1, 0.15) is 11.6 Å². The molecule has 0 saturated carbocycles. The molecule has 6 nitrogen and oxygen atoms in total. The van der Waals surface area contributed by atoms with Crippen LogP contribution in [0.2, 0.25) is 5.02 Å². The summed E-state index contributed by atoms with van der Waals surface area (Å²) in [5.41, 5.74) is -3.82. The number of nitrogens with zero attached hydrogens (tertiary/aromatic N) is 2. The molecule has 0 fully saturated rings. The van der Waals surface area contributed by atoms with Crippen molar-refractivity contribution in [2.24, 2.45) is 0 Å². The number of methoxy groups -OCH3 is 1. The van der Waals surface area contributed by atoms with E-state index in [1.807, 2.05) is 5.32 Å². The van der Waals surface area contributed by atoms with Gasteiger partial charge in [-0.15, -0.1) is 0 Å². The number of anilines is 1. The quantitative estimate of drug-likeness (QED) is 0.446. The van der Waals surface area contributed by atoms with Gasteiger partial charge in [0.15, 0.2) is 5.69 Å². The first kappa shape index (κ1) is 22.2. The predicted octanol–water partition coefficient (Wildman–Crippen LogP) is 4.86. The van der Waals surface area contributed by atoms with Crippen LogP contribution < -0.4 is 5.32 Å². The van der Waals surface area contributed by atoms with E-state index in [0.29, 0.717) is 23.0 Å². The summed E-state index contributed by atoms with van der Waals surface area (Å²) < 4.78 is 73.7. The fourth-order valence-corrected chi connectivity index (χ4v) is 2.79. The van der Waals surface area contributed by atoms with Gasteiger partial charge in [-0.2, -0.15) is 18.3 Å². The molecule has 12 heteroatoms. The van der Waals surface area contributed by atoms with Crippen LogP contribution in [0.25, 0.3) is 5.69 Å². The first-order valence-corrected chi connectivity index (χ1v) is 8.70. The minimum Gasteiger partial charge on any atom is -0.465 e. The number of rotatable bonds is 4. The molecular weight excluding hydrogens is 449 g/mol. The van der Waals surface area contributed by atoms with Crippen molar-refractivity contribution < 1.29 is 36.3 Å². The first-order chi connectivity index (χ1) is 14.5. The summed E-state index contributed by atoms with van der Waals surface area (Å²) in [6, 6.07) is 6.10. The molecule has 1 amide bonds. The molecule has 0 spiro atoms. The predicted molar refractivity (Wildman–Crippen MR) is 99.2 cm³/mol. The molecule has 0 bridgehead atoms. The Morgan fingerprint density at radius 3 is 2.29 bits per heavy atom. The third kappa shape index (κ3) is 4.50. The maximum Gasteiger partial charge on any atom is 0.434 e. The van der Waals surface area contributed by atoms with Crippen LogP contribution in [0, 0.1) is 11.6 Å². The van der Waals surface area contributed by atoms with Crippen LogP contribution in [-0.2, 0) is 10.9 Å². The monoisotopic (exact) mass is 459 g/mol. The molecule has 0 radical (unpaired) electrons. The highest BCUT2D eigenvalue weighted by Crippen LogP contribution is 2.34. The van der Waals surface area contributed by atoms with Gasteiger partial charge in [-0.05, 0) is 30.3 Å². The molecule has 0 atom stereocenters. The lowest BCUT2D eigenvalue weighted by molar-refractivity contribution is -0.143. The fourth-order valence-electron chi connectivity index (χ4n) is 2.67. The molecular formula is C19H11ClF5N3O3. The average molecular weight is 460 g/mol. The zero-order valence-corrected chi connectivity index (χ0v) is 16.2.